The second kappa shape index (κ2) is 6.78. The molecule has 0 amide bonds. The highest BCUT2D eigenvalue weighted by atomic mass is 32.2. The van der Waals surface area contributed by atoms with E-state index in [0.717, 1.165) is 5.69 Å². The second-order valence-corrected chi connectivity index (χ2v) is 5.72. The Balaban J connectivity index is 2.45. The number of thioether (sulfide) groups is 1. The van der Waals surface area contributed by atoms with Gasteiger partial charge in [-0.25, -0.2) is 0 Å². The molecule has 0 aliphatic carbocycles. The minimum Gasteiger partial charge on any atom is -0.383 e. The van der Waals surface area contributed by atoms with E-state index >= 15 is 0 Å². The molecule has 0 saturated heterocycles. The maximum atomic E-state index is 5.72. The Bertz CT molecular complexity index is 298. The number of anilines is 1. The Morgan fingerprint density at radius 3 is 2.38 bits per heavy atom. The normalized spacial score (nSPS) is 12.8. The standard InChI is InChI=1S/C12H21N3S/c1-9(2)16-12-5-3-11(4-6-12)15-8-10(14)7-13/h3-6,9-10,15H,7-8,13-14H2,1-2H3. The highest BCUT2D eigenvalue weighted by molar-refractivity contribution is 7.99. The molecule has 1 rings (SSSR count). The Kier molecular flexibility index (Phi) is 5.66. The Morgan fingerprint density at radius 1 is 1.25 bits per heavy atom. The van der Waals surface area contributed by atoms with Gasteiger partial charge in [0.25, 0.3) is 0 Å². The average Bonchev–Trinajstić information content (AvgIpc) is 2.27. The molecule has 5 N–H and O–H groups in total. The molecular formula is C12H21N3S. The van der Waals surface area contributed by atoms with E-state index in [0.29, 0.717) is 18.3 Å². The fourth-order valence-electron chi connectivity index (χ4n) is 1.26. The smallest absolute Gasteiger partial charge is 0.0341 e. The Hall–Kier alpha value is -0.710. The zero-order valence-electron chi connectivity index (χ0n) is 9.94. The van der Waals surface area contributed by atoms with Gasteiger partial charge in [0.2, 0.25) is 0 Å². The van der Waals surface area contributed by atoms with Crippen LogP contribution >= 0.6 is 11.8 Å². The van der Waals surface area contributed by atoms with Crippen LogP contribution in [0.3, 0.4) is 0 Å². The predicted molar refractivity (Wildman–Crippen MR) is 73.0 cm³/mol. The van der Waals surface area contributed by atoms with Crippen LogP contribution in [0.5, 0.6) is 0 Å². The minimum atomic E-state index is 0.0183. The van der Waals surface area contributed by atoms with Crippen molar-refractivity contribution in [3.05, 3.63) is 24.3 Å². The van der Waals surface area contributed by atoms with Crippen molar-refractivity contribution in [1.82, 2.24) is 0 Å². The summed E-state index contributed by atoms with van der Waals surface area (Å²) >= 11 is 1.86. The van der Waals surface area contributed by atoms with Crippen molar-refractivity contribution in [2.24, 2.45) is 11.5 Å². The van der Waals surface area contributed by atoms with Gasteiger partial charge in [-0.05, 0) is 24.3 Å². The number of hydrogen-bond acceptors (Lipinski definition) is 4. The molecule has 1 atom stereocenters. The largest absolute Gasteiger partial charge is 0.383 e. The van der Waals surface area contributed by atoms with Gasteiger partial charge in [0.05, 0.1) is 0 Å². The van der Waals surface area contributed by atoms with E-state index < -0.39 is 0 Å². The molecule has 0 spiro atoms. The van der Waals surface area contributed by atoms with Crippen LogP contribution < -0.4 is 16.8 Å². The van der Waals surface area contributed by atoms with Crippen LogP contribution in [-0.2, 0) is 0 Å². The summed E-state index contributed by atoms with van der Waals surface area (Å²) in [5.74, 6) is 0. The Labute approximate surface area is 102 Å². The number of nitrogens with two attached hydrogens (primary N) is 2. The summed E-state index contributed by atoms with van der Waals surface area (Å²) in [7, 11) is 0. The lowest BCUT2D eigenvalue weighted by atomic mass is 10.3. The minimum absolute atomic E-state index is 0.0183. The molecule has 0 aliphatic rings. The molecule has 16 heavy (non-hydrogen) atoms. The maximum absolute atomic E-state index is 5.72. The van der Waals surface area contributed by atoms with Gasteiger partial charge in [0.1, 0.15) is 0 Å². The molecular weight excluding hydrogens is 218 g/mol. The molecule has 0 aliphatic heterocycles. The quantitative estimate of drug-likeness (QED) is 0.663. The lowest BCUT2D eigenvalue weighted by molar-refractivity contribution is 0.713. The van der Waals surface area contributed by atoms with Gasteiger partial charge in [-0.3, -0.25) is 0 Å². The fraction of sp³-hybridized carbons (Fsp3) is 0.500. The van der Waals surface area contributed by atoms with Gasteiger partial charge in [-0.15, -0.1) is 11.8 Å². The van der Waals surface area contributed by atoms with E-state index in [1.807, 2.05) is 11.8 Å². The van der Waals surface area contributed by atoms with Crippen molar-refractivity contribution in [3.8, 4) is 0 Å². The Morgan fingerprint density at radius 2 is 1.88 bits per heavy atom. The summed E-state index contributed by atoms with van der Waals surface area (Å²) in [6, 6.07) is 8.42. The van der Waals surface area contributed by atoms with Crippen molar-refractivity contribution in [1.29, 1.82) is 0 Å². The fourth-order valence-corrected chi connectivity index (χ4v) is 2.09. The van der Waals surface area contributed by atoms with E-state index in [2.05, 4.69) is 43.4 Å². The summed E-state index contributed by atoms with van der Waals surface area (Å²) in [5, 5.41) is 3.88. The van der Waals surface area contributed by atoms with Crippen LogP contribution in [0, 0.1) is 0 Å². The average molecular weight is 239 g/mol. The summed E-state index contributed by atoms with van der Waals surface area (Å²) in [5.41, 5.74) is 12.3. The first kappa shape index (κ1) is 13.4. The van der Waals surface area contributed by atoms with E-state index in [-0.39, 0.29) is 6.04 Å². The molecule has 0 radical (unpaired) electrons. The van der Waals surface area contributed by atoms with Crippen molar-refractivity contribution in [2.75, 3.05) is 18.4 Å². The van der Waals surface area contributed by atoms with E-state index in [9.17, 15) is 0 Å². The number of nitrogens with one attached hydrogen (secondary N) is 1. The highest BCUT2D eigenvalue weighted by Crippen LogP contribution is 2.23. The molecule has 0 heterocycles. The van der Waals surface area contributed by atoms with Crippen molar-refractivity contribution >= 4 is 17.4 Å². The van der Waals surface area contributed by atoms with E-state index in [1.165, 1.54) is 4.90 Å². The molecule has 0 aromatic heterocycles. The van der Waals surface area contributed by atoms with Crippen LogP contribution in [-0.4, -0.2) is 24.4 Å². The van der Waals surface area contributed by atoms with Gasteiger partial charge in [0, 0.05) is 35.0 Å². The third-order valence-electron chi connectivity index (χ3n) is 2.10. The molecule has 0 bridgehead atoms. The molecule has 1 aromatic rings. The van der Waals surface area contributed by atoms with Crippen LogP contribution in [0.4, 0.5) is 5.69 Å². The first-order valence-electron chi connectivity index (χ1n) is 5.58. The third-order valence-corrected chi connectivity index (χ3v) is 3.11. The maximum Gasteiger partial charge on any atom is 0.0341 e. The molecule has 4 heteroatoms. The molecule has 3 nitrogen and oxygen atoms in total. The summed E-state index contributed by atoms with van der Waals surface area (Å²) < 4.78 is 0. The van der Waals surface area contributed by atoms with Gasteiger partial charge in [-0.2, -0.15) is 0 Å². The van der Waals surface area contributed by atoms with Crippen molar-refractivity contribution in [2.45, 2.75) is 30.0 Å². The van der Waals surface area contributed by atoms with Gasteiger partial charge in [0.15, 0.2) is 0 Å². The number of rotatable bonds is 6. The number of hydrogen-bond donors (Lipinski definition) is 3. The van der Waals surface area contributed by atoms with Crippen LogP contribution in [0.25, 0.3) is 0 Å². The monoisotopic (exact) mass is 239 g/mol. The van der Waals surface area contributed by atoms with Gasteiger partial charge >= 0.3 is 0 Å². The zero-order chi connectivity index (χ0) is 12.0. The van der Waals surface area contributed by atoms with E-state index in [4.69, 9.17) is 11.5 Å². The first-order valence-corrected chi connectivity index (χ1v) is 6.46. The molecule has 90 valence electrons. The highest BCUT2D eigenvalue weighted by Gasteiger charge is 2.00. The van der Waals surface area contributed by atoms with Crippen LogP contribution in [0.15, 0.2) is 29.2 Å². The summed E-state index contributed by atoms with van der Waals surface area (Å²) in [6.45, 7) is 5.61. The van der Waals surface area contributed by atoms with Gasteiger partial charge in [-0.1, -0.05) is 13.8 Å². The topological polar surface area (TPSA) is 64.1 Å². The van der Waals surface area contributed by atoms with Crippen molar-refractivity contribution in [3.63, 3.8) is 0 Å². The van der Waals surface area contributed by atoms with Crippen LogP contribution in [0.1, 0.15) is 13.8 Å². The summed E-state index contributed by atoms with van der Waals surface area (Å²) in [6.07, 6.45) is 0. The molecule has 0 fully saturated rings. The predicted octanol–water partition coefficient (Wildman–Crippen LogP) is 1.88. The first-order chi connectivity index (χ1) is 7.61. The van der Waals surface area contributed by atoms with Gasteiger partial charge < -0.3 is 16.8 Å². The van der Waals surface area contributed by atoms with E-state index in [1.54, 1.807) is 0 Å². The lowest BCUT2D eigenvalue weighted by Gasteiger charge is -2.12. The zero-order valence-corrected chi connectivity index (χ0v) is 10.8. The van der Waals surface area contributed by atoms with Crippen molar-refractivity contribution < 1.29 is 0 Å². The van der Waals surface area contributed by atoms with Crippen LogP contribution in [0.2, 0.25) is 0 Å². The second-order valence-electron chi connectivity index (χ2n) is 4.07. The molecule has 1 aromatic carbocycles. The summed E-state index contributed by atoms with van der Waals surface area (Å²) in [4.78, 5) is 1.30. The third kappa shape index (κ3) is 4.88. The molecule has 1 unspecified atom stereocenters. The lowest BCUT2D eigenvalue weighted by Crippen LogP contribution is -2.36. The molecule has 0 saturated carbocycles. The SMILES string of the molecule is CC(C)Sc1ccc(NCC(N)CN)cc1. The number of benzene rings is 1.